The molecule has 0 amide bonds. The van der Waals surface area contributed by atoms with Crippen molar-refractivity contribution in [2.75, 3.05) is 6.61 Å². The third kappa shape index (κ3) is 6.74. The molecule has 5 heteroatoms. The normalized spacial score (nSPS) is 11.4. The molecule has 5 nitrogen and oxygen atoms in total. The number of ether oxygens (including phenoxy) is 2. The first-order valence-electron chi connectivity index (χ1n) is 12.9. The third-order valence-corrected chi connectivity index (χ3v) is 6.35. The highest BCUT2D eigenvalue weighted by molar-refractivity contribution is 5.92. The first kappa shape index (κ1) is 26.8. The molecule has 0 fully saturated rings. The maximum Gasteiger partial charge on any atom is 0.297 e. The molecule has 0 aliphatic carbocycles. The minimum atomic E-state index is -0.398. The lowest BCUT2D eigenvalue weighted by Crippen LogP contribution is -2.24. The summed E-state index contributed by atoms with van der Waals surface area (Å²) < 4.78 is 13.7. The Kier molecular flexibility index (Phi) is 9.04. The fraction of sp³-hybridized carbons (Fsp3) is 0.242. The van der Waals surface area contributed by atoms with Crippen LogP contribution in [0.1, 0.15) is 44.7 Å². The summed E-state index contributed by atoms with van der Waals surface area (Å²) in [5.41, 5.74) is 4.57. The zero-order valence-electron chi connectivity index (χ0n) is 22.3. The van der Waals surface area contributed by atoms with Gasteiger partial charge >= 0.3 is 0 Å². The molecule has 4 aromatic rings. The van der Waals surface area contributed by atoms with Crippen LogP contribution in [0.15, 0.2) is 107 Å². The molecule has 0 radical (unpaired) electrons. The Morgan fingerprint density at radius 3 is 2.21 bits per heavy atom. The van der Waals surface area contributed by atoms with Crippen LogP contribution in [0.2, 0.25) is 0 Å². The summed E-state index contributed by atoms with van der Waals surface area (Å²) in [6.45, 7) is 7.08. The summed E-state index contributed by atoms with van der Waals surface area (Å²) >= 11 is 0. The van der Waals surface area contributed by atoms with Gasteiger partial charge in [0.15, 0.2) is 5.75 Å². The number of benzene rings is 3. The van der Waals surface area contributed by atoms with Crippen LogP contribution in [0, 0.1) is 0 Å². The van der Waals surface area contributed by atoms with Gasteiger partial charge in [0.2, 0.25) is 5.75 Å². The SMILES string of the molecule is CC(C)=CCC/C(C)=C/COc1c(O)c2cccc(OCc3ccccc3)c2n(Cc2ccccc2)c1=O. The van der Waals surface area contributed by atoms with Gasteiger partial charge in [-0.2, -0.15) is 0 Å². The number of fused-ring (bicyclic) bond motifs is 1. The molecule has 196 valence electrons. The lowest BCUT2D eigenvalue weighted by atomic mass is 10.1. The average Bonchev–Trinajstić information content (AvgIpc) is 2.92. The van der Waals surface area contributed by atoms with Gasteiger partial charge in [-0.3, -0.25) is 9.36 Å². The molecular weight excluding hydrogens is 474 g/mol. The fourth-order valence-corrected chi connectivity index (χ4v) is 4.30. The topological polar surface area (TPSA) is 60.7 Å². The van der Waals surface area contributed by atoms with Gasteiger partial charge in [0.05, 0.1) is 12.1 Å². The van der Waals surface area contributed by atoms with Crippen molar-refractivity contribution in [3.63, 3.8) is 0 Å². The van der Waals surface area contributed by atoms with Gasteiger partial charge in [0, 0.05) is 5.39 Å². The van der Waals surface area contributed by atoms with Gasteiger partial charge in [0.1, 0.15) is 19.0 Å². The molecule has 0 unspecified atom stereocenters. The zero-order valence-corrected chi connectivity index (χ0v) is 22.3. The lowest BCUT2D eigenvalue weighted by Gasteiger charge is -2.18. The number of pyridine rings is 1. The van der Waals surface area contributed by atoms with Gasteiger partial charge in [-0.05, 0) is 62.9 Å². The number of hydrogen-bond donors (Lipinski definition) is 1. The van der Waals surface area contributed by atoms with Crippen LogP contribution in [0.4, 0.5) is 0 Å². The zero-order chi connectivity index (χ0) is 26.9. The van der Waals surface area contributed by atoms with E-state index in [9.17, 15) is 9.90 Å². The minimum Gasteiger partial charge on any atom is -0.504 e. The first-order chi connectivity index (χ1) is 18.4. The Balaban J connectivity index is 1.71. The fourth-order valence-electron chi connectivity index (χ4n) is 4.30. The van der Waals surface area contributed by atoms with Gasteiger partial charge in [0.25, 0.3) is 5.56 Å². The van der Waals surface area contributed by atoms with Crippen LogP contribution in [0.25, 0.3) is 10.9 Å². The molecular formula is C33H35NO4. The second kappa shape index (κ2) is 12.8. The average molecular weight is 510 g/mol. The molecule has 1 heterocycles. The molecule has 0 bridgehead atoms. The number of para-hydroxylation sites is 1. The smallest absolute Gasteiger partial charge is 0.297 e. The van der Waals surface area contributed by atoms with E-state index >= 15 is 0 Å². The molecule has 0 saturated carbocycles. The van der Waals surface area contributed by atoms with Crippen molar-refractivity contribution in [1.29, 1.82) is 0 Å². The lowest BCUT2D eigenvalue weighted by molar-refractivity contribution is 0.307. The molecule has 1 N–H and O–H groups in total. The monoisotopic (exact) mass is 509 g/mol. The van der Waals surface area contributed by atoms with E-state index in [0.717, 1.165) is 24.0 Å². The largest absolute Gasteiger partial charge is 0.504 e. The van der Waals surface area contributed by atoms with Crippen molar-refractivity contribution in [2.45, 2.75) is 46.8 Å². The summed E-state index contributed by atoms with van der Waals surface area (Å²) in [5, 5.41) is 11.7. The molecule has 4 rings (SSSR count). The molecule has 1 aromatic heterocycles. The molecule has 0 saturated heterocycles. The van der Waals surface area contributed by atoms with Gasteiger partial charge in [-0.15, -0.1) is 0 Å². The van der Waals surface area contributed by atoms with Gasteiger partial charge in [-0.25, -0.2) is 0 Å². The first-order valence-corrected chi connectivity index (χ1v) is 12.9. The Labute approximate surface area is 224 Å². The highest BCUT2D eigenvalue weighted by Crippen LogP contribution is 2.36. The van der Waals surface area contributed by atoms with Crippen molar-refractivity contribution in [1.82, 2.24) is 4.57 Å². The number of allylic oxidation sites excluding steroid dienone is 3. The van der Waals surface area contributed by atoms with Crippen LogP contribution >= 0.6 is 0 Å². The molecule has 38 heavy (non-hydrogen) atoms. The van der Waals surface area contributed by atoms with Crippen LogP contribution in [0.3, 0.4) is 0 Å². The summed E-state index contributed by atoms with van der Waals surface area (Å²) in [5.74, 6) is 0.299. The van der Waals surface area contributed by atoms with Crippen LogP contribution in [-0.2, 0) is 13.2 Å². The van der Waals surface area contributed by atoms with Crippen LogP contribution in [-0.4, -0.2) is 16.3 Å². The predicted molar refractivity (Wildman–Crippen MR) is 154 cm³/mol. The van der Waals surface area contributed by atoms with E-state index in [1.807, 2.05) is 85.8 Å². The molecule has 0 spiro atoms. The van der Waals surface area contributed by atoms with E-state index < -0.39 is 5.56 Å². The molecule has 0 aliphatic rings. The minimum absolute atomic E-state index is 0.0537. The van der Waals surface area contributed by atoms with E-state index in [1.165, 1.54) is 11.1 Å². The highest BCUT2D eigenvalue weighted by Gasteiger charge is 2.21. The maximum absolute atomic E-state index is 13.8. The van der Waals surface area contributed by atoms with Crippen molar-refractivity contribution in [3.8, 4) is 17.2 Å². The second-order valence-electron chi connectivity index (χ2n) is 9.66. The Hall–Kier alpha value is -4.25. The van der Waals surface area contributed by atoms with Gasteiger partial charge in [-0.1, -0.05) is 84.0 Å². The standard InChI is InChI=1S/C33H35NO4/c1-24(2)12-10-13-25(3)20-21-37-32-31(35)28-18-11-19-29(38-23-27-16-8-5-9-17-27)30(28)34(33(32)36)22-26-14-6-4-7-15-26/h4-9,11-12,14-20,35H,10,13,21-23H2,1-3H3/b25-20+. The van der Waals surface area contributed by atoms with E-state index in [2.05, 4.69) is 19.9 Å². The van der Waals surface area contributed by atoms with Crippen molar-refractivity contribution in [2.24, 2.45) is 0 Å². The number of rotatable bonds is 11. The van der Waals surface area contributed by atoms with Crippen LogP contribution < -0.4 is 15.0 Å². The maximum atomic E-state index is 13.8. The molecule has 0 atom stereocenters. The van der Waals surface area contributed by atoms with E-state index in [-0.39, 0.29) is 18.1 Å². The predicted octanol–water partition coefficient (Wildman–Crippen LogP) is 7.41. The van der Waals surface area contributed by atoms with Crippen molar-refractivity contribution in [3.05, 3.63) is 124 Å². The highest BCUT2D eigenvalue weighted by atomic mass is 16.5. The summed E-state index contributed by atoms with van der Waals surface area (Å²) in [4.78, 5) is 13.8. The summed E-state index contributed by atoms with van der Waals surface area (Å²) in [6.07, 6.45) is 6.04. The summed E-state index contributed by atoms with van der Waals surface area (Å²) in [6, 6.07) is 25.0. The molecule has 3 aromatic carbocycles. The Morgan fingerprint density at radius 2 is 1.53 bits per heavy atom. The number of aromatic nitrogens is 1. The van der Waals surface area contributed by atoms with Gasteiger partial charge < -0.3 is 14.6 Å². The Bertz CT molecular complexity index is 1480. The number of hydrogen-bond acceptors (Lipinski definition) is 4. The Morgan fingerprint density at radius 1 is 0.842 bits per heavy atom. The molecule has 0 aliphatic heterocycles. The van der Waals surface area contributed by atoms with E-state index in [4.69, 9.17) is 9.47 Å². The third-order valence-electron chi connectivity index (χ3n) is 6.35. The van der Waals surface area contributed by atoms with E-state index in [1.54, 1.807) is 10.6 Å². The second-order valence-corrected chi connectivity index (χ2v) is 9.66. The van der Waals surface area contributed by atoms with Crippen molar-refractivity contribution >= 4 is 10.9 Å². The van der Waals surface area contributed by atoms with Crippen LogP contribution in [0.5, 0.6) is 17.2 Å². The number of aromatic hydroxyl groups is 1. The van der Waals surface area contributed by atoms with Crippen molar-refractivity contribution < 1.29 is 14.6 Å². The number of nitrogens with zero attached hydrogens (tertiary/aromatic N) is 1. The quantitative estimate of drug-likeness (QED) is 0.214. The summed E-state index contributed by atoms with van der Waals surface area (Å²) in [7, 11) is 0. The van der Waals surface area contributed by atoms with E-state index in [0.29, 0.717) is 29.8 Å².